The lowest BCUT2D eigenvalue weighted by Gasteiger charge is -2.18. The zero-order valence-electron chi connectivity index (χ0n) is 15.5. The number of nitrogens with zero attached hydrogens (tertiary/aromatic N) is 1. The molecule has 1 N–H and O–H groups in total. The predicted octanol–water partition coefficient (Wildman–Crippen LogP) is 4.44. The van der Waals surface area contributed by atoms with E-state index < -0.39 is 0 Å². The number of nitrogens with one attached hydrogen (secondary N) is 1. The first-order chi connectivity index (χ1) is 12.5. The maximum atomic E-state index is 12.1. The van der Waals surface area contributed by atoms with Gasteiger partial charge in [0.15, 0.2) is 5.78 Å². The van der Waals surface area contributed by atoms with E-state index in [1.54, 1.807) is 0 Å². The van der Waals surface area contributed by atoms with Crippen molar-refractivity contribution in [3.05, 3.63) is 59.7 Å². The number of carbonyl (C=O) groups excluding carboxylic acids is 2. The summed E-state index contributed by atoms with van der Waals surface area (Å²) in [5, 5.41) is 2.87. The molecule has 0 spiro atoms. The van der Waals surface area contributed by atoms with Crippen molar-refractivity contribution < 1.29 is 9.59 Å². The lowest BCUT2D eigenvalue weighted by molar-refractivity contribution is -0.116. The Morgan fingerprint density at radius 3 is 2.35 bits per heavy atom. The van der Waals surface area contributed by atoms with Crippen molar-refractivity contribution >= 4 is 23.1 Å². The van der Waals surface area contributed by atoms with Gasteiger partial charge in [0.1, 0.15) is 0 Å². The molecule has 1 saturated heterocycles. The summed E-state index contributed by atoms with van der Waals surface area (Å²) in [6.45, 7) is 6.44. The lowest BCUT2D eigenvalue weighted by atomic mass is 10.0. The number of Topliss-reactive ketones (excluding diaryl/α,β-unsaturated/α-hetero) is 1. The largest absolute Gasteiger partial charge is 0.371 e. The van der Waals surface area contributed by atoms with E-state index >= 15 is 0 Å². The first-order valence-electron chi connectivity index (χ1n) is 9.26. The van der Waals surface area contributed by atoms with Crippen molar-refractivity contribution in [1.82, 2.24) is 0 Å². The van der Waals surface area contributed by atoms with Crippen molar-refractivity contribution in [1.29, 1.82) is 0 Å². The molecule has 0 bridgehead atoms. The van der Waals surface area contributed by atoms with E-state index in [1.165, 1.54) is 12.1 Å². The van der Waals surface area contributed by atoms with Gasteiger partial charge in [-0.15, -0.1) is 0 Å². The van der Waals surface area contributed by atoms with Gasteiger partial charge < -0.3 is 10.2 Å². The van der Waals surface area contributed by atoms with Gasteiger partial charge in [-0.1, -0.05) is 36.8 Å². The van der Waals surface area contributed by atoms with Gasteiger partial charge in [0.2, 0.25) is 5.91 Å². The fourth-order valence-corrected chi connectivity index (χ4v) is 3.26. The van der Waals surface area contributed by atoms with Crippen LogP contribution in [-0.2, 0) is 4.79 Å². The Morgan fingerprint density at radius 2 is 1.73 bits per heavy atom. The first kappa shape index (κ1) is 18.2. The summed E-state index contributed by atoms with van der Waals surface area (Å²) in [7, 11) is 0. The molecular formula is C22H26N2O2. The van der Waals surface area contributed by atoms with Crippen molar-refractivity contribution in [2.24, 2.45) is 5.92 Å². The van der Waals surface area contributed by atoms with Gasteiger partial charge in [-0.05, 0) is 43.5 Å². The monoisotopic (exact) mass is 350 g/mol. The Balaban J connectivity index is 1.48. The van der Waals surface area contributed by atoms with Crippen LogP contribution in [0.2, 0.25) is 0 Å². The lowest BCUT2D eigenvalue weighted by Crippen LogP contribution is -2.19. The molecule has 4 heteroatoms. The van der Waals surface area contributed by atoms with E-state index in [1.807, 2.05) is 55.5 Å². The molecule has 3 rings (SSSR count). The second kappa shape index (κ2) is 8.17. The van der Waals surface area contributed by atoms with Crippen LogP contribution in [0.1, 0.15) is 42.1 Å². The molecule has 4 nitrogen and oxygen atoms in total. The summed E-state index contributed by atoms with van der Waals surface area (Å²) < 4.78 is 0. The normalized spacial score (nSPS) is 16.5. The molecule has 1 unspecified atom stereocenters. The zero-order chi connectivity index (χ0) is 18.5. The van der Waals surface area contributed by atoms with Crippen LogP contribution in [0.25, 0.3) is 0 Å². The third-order valence-electron chi connectivity index (χ3n) is 4.89. The van der Waals surface area contributed by atoms with E-state index in [2.05, 4.69) is 17.1 Å². The number of amides is 1. The molecule has 0 saturated carbocycles. The summed E-state index contributed by atoms with van der Waals surface area (Å²) in [6, 6.07) is 15.4. The second-order valence-electron chi connectivity index (χ2n) is 7.22. The summed E-state index contributed by atoms with van der Waals surface area (Å²) >= 11 is 0. The van der Waals surface area contributed by atoms with E-state index in [9.17, 15) is 9.59 Å². The molecule has 1 amide bonds. The zero-order valence-corrected chi connectivity index (χ0v) is 15.5. The smallest absolute Gasteiger partial charge is 0.224 e. The Bertz CT molecular complexity index is 766. The minimum absolute atomic E-state index is 0.00125. The predicted molar refractivity (Wildman–Crippen MR) is 106 cm³/mol. The fraction of sp³-hybridized carbons (Fsp3) is 0.364. The summed E-state index contributed by atoms with van der Waals surface area (Å²) in [6.07, 6.45) is 1.64. The summed E-state index contributed by atoms with van der Waals surface area (Å²) in [5.74, 6) is 0.604. The van der Waals surface area contributed by atoms with Crippen molar-refractivity contribution in [3.8, 4) is 0 Å². The molecule has 26 heavy (non-hydrogen) atoms. The Hall–Kier alpha value is -2.62. The maximum absolute atomic E-state index is 12.1. The number of aryl methyl sites for hydroxylation is 1. The van der Waals surface area contributed by atoms with Gasteiger partial charge in [0.05, 0.1) is 0 Å². The maximum Gasteiger partial charge on any atom is 0.224 e. The van der Waals surface area contributed by atoms with E-state index in [-0.39, 0.29) is 24.5 Å². The molecule has 2 aromatic carbocycles. The molecule has 1 heterocycles. The number of hydrogen-bond donors (Lipinski definition) is 1. The number of benzene rings is 2. The van der Waals surface area contributed by atoms with Crippen LogP contribution in [0.5, 0.6) is 0 Å². The van der Waals surface area contributed by atoms with E-state index in [4.69, 9.17) is 0 Å². The molecule has 1 atom stereocenters. The standard InChI is InChI=1S/C22H26N2O2/c1-16-3-5-18(6-4-16)21(25)11-12-22(26)23-19-7-9-20(10-8-19)24-14-13-17(2)15-24/h3-10,17H,11-15H2,1-2H3,(H,23,26). The SMILES string of the molecule is Cc1ccc(C(=O)CCC(=O)Nc2ccc(N3CCC(C)C3)cc2)cc1. The van der Waals surface area contributed by atoms with Gasteiger partial charge >= 0.3 is 0 Å². The molecule has 0 radical (unpaired) electrons. The van der Waals surface area contributed by atoms with Crippen LogP contribution in [0, 0.1) is 12.8 Å². The fourth-order valence-electron chi connectivity index (χ4n) is 3.26. The molecular weight excluding hydrogens is 324 g/mol. The van der Waals surface area contributed by atoms with Gasteiger partial charge in [0.25, 0.3) is 0 Å². The number of ketones is 1. The van der Waals surface area contributed by atoms with Gasteiger partial charge in [-0.25, -0.2) is 0 Å². The minimum Gasteiger partial charge on any atom is -0.371 e. The Labute approximate surface area is 155 Å². The highest BCUT2D eigenvalue weighted by atomic mass is 16.2. The van der Waals surface area contributed by atoms with Gasteiger partial charge in [-0.2, -0.15) is 0 Å². The van der Waals surface area contributed by atoms with Crippen LogP contribution >= 0.6 is 0 Å². The first-order valence-corrected chi connectivity index (χ1v) is 9.26. The molecule has 2 aromatic rings. The van der Waals surface area contributed by atoms with Crippen molar-refractivity contribution in [2.75, 3.05) is 23.3 Å². The van der Waals surface area contributed by atoms with Crippen molar-refractivity contribution in [2.45, 2.75) is 33.1 Å². The highest BCUT2D eigenvalue weighted by molar-refractivity contribution is 6.00. The summed E-state index contributed by atoms with van der Waals surface area (Å²) in [5.41, 5.74) is 3.74. The Kier molecular flexibility index (Phi) is 5.71. The molecule has 0 aromatic heterocycles. The van der Waals surface area contributed by atoms with Crippen LogP contribution < -0.4 is 10.2 Å². The van der Waals surface area contributed by atoms with Gasteiger partial charge in [-0.3, -0.25) is 9.59 Å². The Morgan fingerprint density at radius 1 is 1.04 bits per heavy atom. The number of carbonyl (C=O) groups is 2. The molecule has 136 valence electrons. The number of rotatable bonds is 6. The van der Waals surface area contributed by atoms with E-state index in [0.717, 1.165) is 30.3 Å². The van der Waals surface area contributed by atoms with Gasteiger partial charge in [0, 0.05) is 42.9 Å². The quantitative estimate of drug-likeness (QED) is 0.784. The average Bonchev–Trinajstić information content (AvgIpc) is 3.07. The summed E-state index contributed by atoms with van der Waals surface area (Å²) in [4.78, 5) is 26.6. The molecule has 1 aliphatic heterocycles. The topological polar surface area (TPSA) is 49.4 Å². The third kappa shape index (κ3) is 4.72. The van der Waals surface area contributed by atoms with E-state index in [0.29, 0.717) is 5.56 Å². The van der Waals surface area contributed by atoms with Crippen LogP contribution in [0.3, 0.4) is 0 Å². The minimum atomic E-state index is -0.131. The number of hydrogen-bond acceptors (Lipinski definition) is 3. The van der Waals surface area contributed by atoms with Crippen LogP contribution in [-0.4, -0.2) is 24.8 Å². The van der Waals surface area contributed by atoms with Crippen LogP contribution in [0.4, 0.5) is 11.4 Å². The second-order valence-corrected chi connectivity index (χ2v) is 7.22. The average molecular weight is 350 g/mol. The van der Waals surface area contributed by atoms with Crippen molar-refractivity contribution in [3.63, 3.8) is 0 Å². The highest BCUT2D eigenvalue weighted by Crippen LogP contribution is 2.24. The highest BCUT2D eigenvalue weighted by Gasteiger charge is 2.18. The molecule has 1 fully saturated rings. The number of anilines is 2. The molecule has 1 aliphatic rings. The molecule has 0 aliphatic carbocycles. The van der Waals surface area contributed by atoms with Crippen LogP contribution in [0.15, 0.2) is 48.5 Å². The third-order valence-corrected chi connectivity index (χ3v) is 4.89.